The van der Waals surface area contributed by atoms with Crippen molar-refractivity contribution in [1.29, 1.82) is 0 Å². The first-order valence-corrected chi connectivity index (χ1v) is 10.2. The van der Waals surface area contributed by atoms with E-state index in [0.717, 1.165) is 22.7 Å². The topological polar surface area (TPSA) is 78.5 Å². The summed E-state index contributed by atoms with van der Waals surface area (Å²) in [6, 6.07) is 9.77. The smallest absolute Gasteiger partial charge is 0.227 e. The summed E-state index contributed by atoms with van der Waals surface area (Å²) in [5.41, 5.74) is 3.07. The number of hydrogen-bond donors (Lipinski definition) is 1. The van der Waals surface area contributed by atoms with Gasteiger partial charge in [0.15, 0.2) is 0 Å². The zero-order valence-corrected chi connectivity index (χ0v) is 17.1. The number of aromatic amines is 1. The van der Waals surface area contributed by atoms with E-state index in [0.29, 0.717) is 38.4 Å². The molecule has 1 aliphatic carbocycles. The minimum atomic E-state index is -0.172. The molecular formula is C22H28N4O3. The molecule has 1 aromatic carbocycles. The Labute approximate surface area is 171 Å². The highest BCUT2D eigenvalue weighted by Crippen LogP contribution is 2.39. The maximum absolute atomic E-state index is 13.0. The molecule has 1 aliphatic heterocycles. The predicted molar refractivity (Wildman–Crippen MR) is 108 cm³/mol. The Morgan fingerprint density at radius 1 is 1.31 bits per heavy atom. The van der Waals surface area contributed by atoms with Crippen LogP contribution in [0.4, 0.5) is 0 Å². The third kappa shape index (κ3) is 4.60. The Morgan fingerprint density at radius 2 is 2.14 bits per heavy atom. The second kappa shape index (κ2) is 8.27. The molecule has 1 atom stereocenters. The summed E-state index contributed by atoms with van der Waals surface area (Å²) >= 11 is 0. The van der Waals surface area contributed by atoms with Crippen LogP contribution in [-0.4, -0.2) is 52.5 Å². The van der Waals surface area contributed by atoms with Gasteiger partial charge >= 0.3 is 0 Å². The minimum absolute atomic E-state index is 0.0794. The zero-order valence-electron chi connectivity index (χ0n) is 17.1. The van der Waals surface area contributed by atoms with Crippen molar-refractivity contribution < 1.29 is 14.3 Å². The van der Waals surface area contributed by atoms with Crippen molar-refractivity contribution >= 4 is 11.8 Å². The van der Waals surface area contributed by atoms with E-state index in [1.807, 2.05) is 31.3 Å². The number of hydrogen-bond acceptors (Lipinski definition) is 4. The van der Waals surface area contributed by atoms with Crippen LogP contribution in [0.3, 0.4) is 0 Å². The molecule has 1 aromatic heterocycles. The molecular weight excluding hydrogens is 368 g/mol. The first kappa shape index (κ1) is 19.5. The van der Waals surface area contributed by atoms with E-state index in [1.165, 1.54) is 12.8 Å². The van der Waals surface area contributed by atoms with E-state index in [-0.39, 0.29) is 17.7 Å². The van der Waals surface area contributed by atoms with E-state index in [1.54, 1.807) is 16.9 Å². The summed E-state index contributed by atoms with van der Waals surface area (Å²) in [6.45, 7) is 1.46. The Bertz CT molecular complexity index is 890. The van der Waals surface area contributed by atoms with Crippen LogP contribution in [0.25, 0.3) is 0 Å². The molecule has 1 N–H and O–H groups in total. The number of H-pyrrole nitrogens is 1. The van der Waals surface area contributed by atoms with E-state index in [9.17, 15) is 9.59 Å². The van der Waals surface area contributed by atoms with Gasteiger partial charge in [0, 0.05) is 32.5 Å². The highest BCUT2D eigenvalue weighted by molar-refractivity contribution is 5.83. The molecule has 154 valence electrons. The molecule has 29 heavy (non-hydrogen) atoms. The maximum Gasteiger partial charge on any atom is 0.227 e. The van der Waals surface area contributed by atoms with Gasteiger partial charge in [-0.3, -0.25) is 14.7 Å². The van der Waals surface area contributed by atoms with Crippen molar-refractivity contribution in [2.75, 3.05) is 20.7 Å². The molecule has 7 heteroatoms. The van der Waals surface area contributed by atoms with Crippen LogP contribution in [0, 0.1) is 5.92 Å². The molecule has 1 saturated carbocycles. The van der Waals surface area contributed by atoms with Crippen LogP contribution in [0.2, 0.25) is 0 Å². The van der Waals surface area contributed by atoms with Crippen molar-refractivity contribution in [2.24, 2.45) is 5.92 Å². The molecule has 1 unspecified atom stereocenters. The molecule has 2 heterocycles. The second-order valence-electron chi connectivity index (χ2n) is 8.15. The quantitative estimate of drug-likeness (QED) is 0.781. The second-order valence-corrected chi connectivity index (χ2v) is 8.15. The third-order valence-electron chi connectivity index (χ3n) is 5.79. The SMILES string of the molecule is COc1cccc(CN2CC(C(=O)N(C)Cc3cc(C4CC4)n[nH]3)CCC2=O)c1. The molecule has 7 nitrogen and oxygen atoms in total. The van der Waals surface area contributed by atoms with Gasteiger partial charge in [-0.05, 0) is 43.0 Å². The summed E-state index contributed by atoms with van der Waals surface area (Å²) in [4.78, 5) is 28.9. The van der Waals surface area contributed by atoms with Gasteiger partial charge in [-0.2, -0.15) is 5.10 Å². The van der Waals surface area contributed by atoms with Crippen LogP contribution in [0.5, 0.6) is 5.75 Å². The van der Waals surface area contributed by atoms with E-state index >= 15 is 0 Å². The fourth-order valence-electron chi connectivity index (χ4n) is 3.95. The van der Waals surface area contributed by atoms with Crippen LogP contribution >= 0.6 is 0 Å². The first-order valence-electron chi connectivity index (χ1n) is 10.2. The number of ether oxygens (including phenoxy) is 1. The Morgan fingerprint density at radius 3 is 2.90 bits per heavy atom. The third-order valence-corrected chi connectivity index (χ3v) is 5.79. The lowest BCUT2D eigenvalue weighted by atomic mass is 9.95. The largest absolute Gasteiger partial charge is 0.497 e. The fraction of sp³-hybridized carbons (Fsp3) is 0.500. The van der Waals surface area contributed by atoms with Crippen molar-refractivity contribution in [3.05, 3.63) is 47.3 Å². The number of carbonyl (C=O) groups is 2. The van der Waals surface area contributed by atoms with E-state index in [2.05, 4.69) is 16.3 Å². The van der Waals surface area contributed by atoms with Crippen molar-refractivity contribution in [1.82, 2.24) is 20.0 Å². The van der Waals surface area contributed by atoms with Crippen LogP contribution in [0.1, 0.15) is 48.6 Å². The molecule has 4 rings (SSSR count). The molecule has 2 amide bonds. The summed E-state index contributed by atoms with van der Waals surface area (Å²) in [5.74, 6) is 1.37. The molecule has 0 bridgehead atoms. The van der Waals surface area contributed by atoms with Gasteiger partial charge in [0.2, 0.25) is 11.8 Å². The number of nitrogens with one attached hydrogen (secondary N) is 1. The molecule has 2 aromatic rings. The van der Waals surface area contributed by atoms with Crippen molar-refractivity contribution in [3.8, 4) is 5.75 Å². The Balaban J connectivity index is 1.36. The number of nitrogens with zero attached hydrogens (tertiary/aromatic N) is 3. The van der Waals surface area contributed by atoms with Gasteiger partial charge in [0.05, 0.1) is 31.0 Å². The van der Waals surface area contributed by atoms with Gasteiger partial charge in [-0.15, -0.1) is 0 Å². The van der Waals surface area contributed by atoms with Gasteiger partial charge in [0.1, 0.15) is 5.75 Å². The number of benzene rings is 1. The number of amides is 2. The zero-order chi connectivity index (χ0) is 20.4. The average Bonchev–Trinajstić information content (AvgIpc) is 3.48. The lowest BCUT2D eigenvalue weighted by Gasteiger charge is -2.34. The lowest BCUT2D eigenvalue weighted by molar-refractivity contribution is -0.143. The summed E-state index contributed by atoms with van der Waals surface area (Å²) in [5, 5.41) is 7.41. The average molecular weight is 396 g/mol. The Hall–Kier alpha value is -2.83. The van der Waals surface area contributed by atoms with Gasteiger partial charge in [-0.25, -0.2) is 0 Å². The lowest BCUT2D eigenvalue weighted by Crippen LogP contribution is -2.45. The van der Waals surface area contributed by atoms with Crippen LogP contribution < -0.4 is 4.74 Å². The fourth-order valence-corrected chi connectivity index (χ4v) is 3.95. The molecule has 2 aliphatic rings. The highest BCUT2D eigenvalue weighted by Gasteiger charge is 2.32. The number of rotatable bonds is 7. The number of carbonyl (C=O) groups excluding carboxylic acids is 2. The minimum Gasteiger partial charge on any atom is -0.497 e. The Kier molecular flexibility index (Phi) is 5.56. The monoisotopic (exact) mass is 396 g/mol. The van der Waals surface area contributed by atoms with Crippen LogP contribution in [-0.2, 0) is 22.7 Å². The molecule has 0 spiro atoms. The van der Waals surface area contributed by atoms with Crippen LogP contribution in [0.15, 0.2) is 30.3 Å². The summed E-state index contributed by atoms with van der Waals surface area (Å²) in [6.07, 6.45) is 3.42. The number of methoxy groups -OCH3 is 1. The van der Waals surface area contributed by atoms with Gasteiger partial charge in [0.25, 0.3) is 0 Å². The summed E-state index contributed by atoms with van der Waals surface area (Å²) < 4.78 is 5.27. The molecule has 2 fully saturated rings. The van der Waals surface area contributed by atoms with Gasteiger partial charge < -0.3 is 14.5 Å². The predicted octanol–water partition coefficient (Wildman–Crippen LogP) is 2.69. The first-order chi connectivity index (χ1) is 14.0. The number of likely N-dealkylation sites (tertiary alicyclic amines) is 1. The van der Waals surface area contributed by atoms with Crippen molar-refractivity contribution in [3.63, 3.8) is 0 Å². The maximum atomic E-state index is 13.0. The van der Waals surface area contributed by atoms with Gasteiger partial charge in [-0.1, -0.05) is 12.1 Å². The highest BCUT2D eigenvalue weighted by atomic mass is 16.5. The number of piperidine rings is 1. The molecule has 0 radical (unpaired) electrons. The van der Waals surface area contributed by atoms with E-state index < -0.39 is 0 Å². The molecule has 1 saturated heterocycles. The standard InChI is InChI=1S/C22H28N4O3/c1-25(14-18-11-20(24-23-18)16-6-7-16)22(28)17-8-9-21(27)26(13-17)12-15-4-3-5-19(10-15)29-2/h3-5,10-11,16-17H,6-9,12-14H2,1-2H3,(H,23,24). The normalized spacial score (nSPS) is 19.3. The number of aromatic nitrogens is 2. The van der Waals surface area contributed by atoms with Crippen molar-refractivity contribution in [2.45, 2.75) is 44.7 Å². The van der Waals surface area contributed by atoms with E-state index in [4.69, 9.17) is 4.74 Å². The summed E-state index contributed by atoms with van der Waals surface area (Å²) in [7, 11) is 3.45.